The lowest BCUT2D eigenvalue weighted by Crippen LogP contribution is -2.34. The number of nitriles is 1. The van der Waals surface area contributed by atoms with E-state index in [1.54, 1.807) is 6.07 Å². The van der Waals surface area contributed by atoms with Crippen molar-refractivity contribution in [2.75, 3.05) is 13.2 Å². The van der Waals surface area contributed by atoms with Crippen LogP contribution >= 0.6 is 15.9 Å². The van der Waals surface area contributed by atoms with Gasteiger partial charge < -0.3 is 19.5 Å². The topological polar surface area (TPSA) is 63.5 Å². The highest BCUT2D eigenvalue weighted by Crippen LogP contribution is 2.32. The maximum Gasteiger partial charge on any atom is 0.127 e. The summed E-state index contributed by atoms with van der Waals surface area (Å²) in [6.07, 6.45) is 2.02. The molecule has 4 aromatic carbocycles. The summed E-state index contributed by atoms with van der Waals surface area (Å²) in [6, 6.07) is 32.7. The Hall–Kier alpha value is -3.63. The van der Waals surface area contributed by atoms with Crippen molar-refractivity contribution in [1.29, 1.82) is 5.26 Å². The van der Waals surface area contributed by atoms with Gasteiger partial charge in [-0.05, 0) is 63.7 Å². The molecule has 1 saturated heterocycles. The Bertz CT molecular complexity index is 1430. The quantitative estimate of drug-likeness (QED) is 0.211. The van der Waals surface area contributed by atoms with Crippen molar-refractivity contribution in [3.8, 4) is 28.7 Å². The molecule has 1 aliphatic rings. The summed E-state index contributed by atoms with van der Waals surface area (Å²) in [4.78, 5) is 0. The number of benzene rings is 4. The number of halogens is 1. The summed E-state index contributed by atoms with van der Waals surface area (Å²) in [5.74, 6) is 1.51. The van der Waals surface area contributed by atoms with Crippen molar-refractivity contribution in [1.82, 2.24) is 5.32 Å². The average Bonchev–Trinajstić information content (AvgIpc) is 3.00. The van der Waals surface area contributed by atoms with Gasteiger partial charge in [-0.3, -0.25) is 0 Å². The first-order valence-corrected chi connectivity index (χ1v) is 14.0. The van der Waals surface area contributed by atoms with Gasteiger partial charge in [0.15, 0.2) is 0 Å². The molecule has 0 aliphatic carbocycles. The van der Waals surface area contributed by atoms with Gasteiger partial charge in [-0.1, -0.05) is 66.7 Å². The predicted octanol–water partition coefficient (Wildman–Crippen LogP) is 7.41. The maximum atomic E-state index is 9.25. The van der Waals surface area contributed by atoms with Crippen LogP contribution in [0.15, 0.2) is 95.5 Å². The van der Waals surface area contributed by atoms with Crippen LogP contribution in [0.2, 0.25) is 0 Å². The molecular formula is C33H31BrN2O3. The van der Waals surface area contributed by atoms with Gasteiger partial charge in [-0.2, -0.15) is 5.26 Å². The number of hydrogen-bond acceptors (Lipinski definition) is 5. The SMILES string of the molecule is N#Cc1cccc(COc2cc(OCc3cccc(-c4ccccc4)c3Br)ccc2CNC2CCOCC2)c1. The Morgan fingerprint density at radius 1 is 0.846 bits per heavy atom. The van der Waals surface area contributed by atoms with Crippen molar-refractivity contribution in [2.45, 2.75) is 38.6 Å². The van der Waals surface area contributed by atoms with Crippen LogP contribution in [-0.4, -0.2) is 19.3 Å². The molecule has 0 radical (unpaired) electrons. The fourth-order valence-corrected chi connectivity index (χ4v) is 5.25. The first kappa shape index (κ1) is 27.0. The van der Waals surface area contributed by atoms with Crippen LogP contribution in [0.1, 0.15) is 35.1 Å². The van der Waals surface area contributed by atoms with Gasteiger partial charge in [0.05, 0.1) is 11.6 Å². The molecule has 1 fully saturated rings. The van der Waals surface area contributed by atoms with Crippen LogP contribution in [0.4, 0.5) is 0 Å². The maximum absolute atomic E-state index is 9.25. The molecule has 198 valence electrons. The minimum Gasteiger partial charge on any atom is -0.489 e. The molecular weight excluding hydrogens is 552 g/mol. The second kappa shape index (κ2) is 13.4. The predicted molar refractivity (Wildman–Crippen MR) is 157 cm³/mol. The summed E-state index contributed by atoms with van der Waals surface area (Å²) in [6.45, 7) is 3.08. The Balaban J connectivity index is 1.32. The van der Waals surface area contributed by atoms with Gasteiger partial charge in [0.25, 0.3) is 0 Å². The molecule has 1 heterocycles. The molecule has 0 atom stereocenters. The Labute approximate surface area is 238 Å². The number of nitrogens with one attached hydrogen (secondary N) is 1. The van der Waals surface area contributed by atoms with Crippen molar-refractivity contribution in [2.24, 2.45) is 0 Å². The molecule has 0 aromatic heterocycles. The summed E-state index contributed by atoms with van der Waals surface area (Å²) in [5, 5.41) is 12.9. The molecule has 0 bridgehead atoms. The number of ether oxygens (including phenoxy) is 3. The average molecular weight is 584 g/mol. The first-order valence-electron chi connectivity index (χ1n) is 13.2. The number of nitrogens with zero attached hydrogens (tertiary/aromatic N) is 1. The van der Waals surface area contributed by atoms with E-state index in [-0.39, 0.29) is 0 Å². The van der Waals surface area contributed by atoms with Crippen LogP contribution in [0.5, 0.6) is 11.5 Å². The third kappa shape index (κ3) is 7.27. The van der Waals surface area contributed by atoms with Crippen LogP contribution in [-0.2, 0) is 24.5 Å². The minimum atomic E-state index is 0.369. The highest BCUT2D eigenvalue weighted by Gasteiger charge is 2.15. The zero-order valence-corrected chi connectivity index (χ0v) is 23.3. The van der Waals surface area contributed by atoms with Crippen LogP contribution in [0.25, 0.3) is 11.1 Å². The van der Waals surface area contributed by atoms with Gasteiger partial charge in [0.2, 0.25) is 0 Å². The Morgan fingerprint density at radius 3 is 2.49 bits per heavy atom. The molecule has 4 aromatic rings. The number of hydrogen-bond donors (Lipinski definition) is 1. The largest absolute Gasteiger partial charge is 0.489 e. The van der Waals surface area contributed by atoms with E-state index in [1.165, 1.54) is 0 Å². The second-order valence-corrected chi connectivity index (χ2v) is 10.4. The molecule has 39 heavy (non-hydrogen) atoms. The highest BCUT2D eigenvalue weighted by atomic mass is 79.9. The van der Waals surface area contributed by atoms with Gasteiger partial charge in [0, 0.05) is 47.5 Å². The lowest BCUT2D eigenvalue weighted by molar-refractivity contribution is 0.0775. The molecule has 0 spiro atoms. The van der Waals surface area contributed by atoms with Gasteiger partial charge in [-0.15, -0.1) is 0 Å². The summed E-state index contributed by atoms with van der Waals surface area (Å²) in [5.41, 5.74) is 6.00. The van der Waals surface area contributed by atoms with Crippen LogP contribution in [0.3, 0.4) is 0 Å². The van der Waals surface area contributed by atoms with E-state index in [4.69, 9.17) is 14.2 Å². The summed E-state index contributed by atoms with van der Waals surface area (Å²) < 4.78 is 19.1. The number of rotatable bonds is 10. The lowest BCUT2D eigenvalue weighted by Gasteiger charge is -2.24. The van der Waals surface area contributed by atoms with E-state index in [0.717, 1.165) is 69.8 Å². The third-order valence-electron chi connectivity index (χ3n) is 6.85. The van der Waals surface area contributed by atoms with Gasteiger partial charge in [0.1, 0.15) is 24.7 Å². The second-order valence-electron chi connectivity index (χ2n) is 9.57. The van der Waals surface area contributed by atoms with E-state index in [9.17, 15) is 5.26 Å². The third-order valence-corrected chi connectivity index (χ3v) is 7.79. The Morgan fingerprint density at radius 2 is 1.67 bits per heavy atom. The van der Waals surface area contributed by atoms with Crippen molar-refractivity contribution in [3.05, 3.63) is 118 Å². The summed E-state index contributed by atoms with van der Waals surface area (Å²) in [7, 11) is 0. The fourth-order valence-electron chi connectivity index (χ4n) is 4.65. The smallest absolute Gasteiger partial charge is 0.127 e. The zero-order chi connectivity index (χ0) is 26.9. The molecule has 6 heteroatoms. The van der Waals surface area contributed by atoms with E-state index in [0.29, 0.717) is 31.4 Å². The molecule has 5 rings (SSSR count). The van der Waals surface area contributed by atoms with Gasteiger partial charge >= 0.3 is 0 Å². The van der Waals surface area contributed by atoms with Crippen molar-refractivity contribution >= 4 is 15.9 Å². The molecule has 5 nitrogen and oxygen atoms in total. The first-order chi connectivity index (χ1) is 19.2. The van der Waals surface area contributed by atoms with Crippen LogP contribution in [0, 0.1) is 11.3 Å². The normalized spacial score (nSPS) is 13.5. The fraction of sp³-hybridized carbons (Fsp3) is 0.242. The molecule has 1 aliphatic heterocycles. The van der Waals surface area contributed by atoms with Crippen molar-refractivity contribution < 1.29 is 14.2 Å². The van der Waals surface area contributed by atoms with Crippen molar-refractivity contribution in [3.63, 3.8) is 0 Å². The summed E-state index contributed by atoms with van der Waals surface area (Å²) >= 11 is 3.79. The monoisotopic (exact) mass is 582 g/mol. The van der Waals surface area contributed by atoms with E-state index >= 15 is 0 Å². The molecule has 1 N–H and O–H groups in total. The lowest BCUT2D eigenvalue weighted by atomic mass is 10.0. The van der Waals surface area contributed by atoms with E-state index in [1.807, 2.05) is 48.5 Å². The molecule has 0 unspecified atom stereocenters. The Kier molecular flexibility index (Phi) is 9.29. The minimum absolute atomic E-state index is 0.369. The van der Waals surface area contributed by atoms with E-state index < -0.39 is 0 Å². The standard InChI is InChI=1S/C33H31BrN2O3/c34-33-28(10-5-11-31(33)26-8-2-1-3-9-26)23-38-30-13-12-27(21-36-29-14-16-37-17-15-29)32(19-30)39-22-25-7-4-6-24(18-25)20-35/h1-13,18-19,29,36H,14-17,21-23H2. The zero-order valence-electron chi connectivity index (χ0n) is 21.7. The highest BCUT2D eigenvalue weighted by molar-refractivity contribution is 9.10. The van der Waals surface area contributed by atoms with Crippen LogP contribution < -0.4 is 14.8 Å². The van der Waals surface area contributed by atoms with E-state index in [2.05, 4.69) is 63.7 Å². The van der Waals surface area contributed by atoms with Gasteiger partial charge in [-0.25, -0.2) is 0 Å². The molecule has 0 saturated carbocycles. The molecule has 0 amide bonds.